The Labute approximate surface area is 107 Å². The molecule has 1 aliphatic rings. The van der Waals surface area contributed by atoms with Gasteiger partial charge in [-0.1, -0.05) is 13.8 Å². The summed E-state index contributed by atoms with van der Waals surface area (Å²) in [5, 5.41) is 7.14. The fraction of sp³-hybridized carbons (Fsp3) is 1.00. The molecule has 0 spiro atoms. The molecule has 102 valence electrons. The number of ether oxygens (including phenoxy) is 1. The Balaban J connectivity index is 2.13. The van der Waals surface area contributed by atoms with Gasteiger partial charge in [0, 0.05) is 26.3 Å². The van der Waals surface area contributed by atoms with Crippen molar-refractivity contribution in [3.05, 3.63) is 0 Å². The molecule has 2 unspecified atom stereocenters. The Hall–Kier alpha value is -0.120. The monoisotopic (exact) mass is 242 g/mol. The number of nitrogens with one attached hydrogen (secondary N) is 2. The van der Waals surface area contributed by atoms with Crippen molar-refractivity contribution >= 4 is 0 Å². The molecular weight excluding hydrogens is 212 g/mol. The molecule has 3 nitrogen and oxygen atoms in total. The predicted octanol–water partition coefficient (Wildman–Crippen LogP) is 2.03. The van der Waals surface area contributed by atoms with Gasteiger partial charge < -0.3 is 15.4 Å². The Kier molecular flexibility index (Phi) is 6.45. The summed E-state index contributed by atoms with van der Waals surface area (Å²) >= 11 is 0. The second-order valence-corrected chi connectivity index (χ2v) is 6.28. The number of hydrogen-bond donors (Lipinski definition) is 2. The van der Waals surface area contributed by atoms with E-state index in [9.17, 15) is 0 Å². The topological polar surface area (TPSA) is 33.3 Å². The smallest absolute Gasteiger partial charge is 0.0467 e. The van der Waals surface area contributed by atoms with Crippen LogP contribution in [0.5, 0.6) is 0 Å². The van der Waals surface area contributed by atoms with Crippen LogP contribution in [-0.4, -0.2) is 39.4 Å². The van der Waals surface area contributed by atoms with Crippen molar-refractivity contribution in [1.29, 1.82) is 0 Å². The fourth-order valence-corrected chi connectivity index (χ4v) is 2.50. The minimum Gasteiger partial charge on any atom is -0.385 e. The van der Waals surface area contributed by atoms with Crippen LogP contribution in [0.3, 0.4) is 0 Å². The van der Waals surface area contributed by atoms with Gasteiger partial charge >= 0.3 is 0 Å². The molecule has 1 rings (SSSR count). The van der Waals surface area contributed by atoms with E-state index in [4.69, 9.17) is 4.74 Å². The highest BCUT2D eigenvalue weighted by atomic mass is 16.5. The maximum absolute atomic E-state index is 5.15. The molecule has 0 aromatic rings. The summed E-state index contributed by atoms with van der Waals surface area (Å²) in [6.07, 6.45) is 3.75. The molecule has 1 aliphatic heterocycles. The summed E-state index contributed by atoms with van der Waals surface area (Å²) in [6.45, 7) is 11.2. The van der Waals surface area contributed by atoms with Crippen molar-refractivity contribution in [2.45, 2.75) is 46.1 Å². The van der Waals surface area contributed by atoms with Crippen molar-refractivity contribution in [3.63, 3.8) is 0 Å². The summed E-state index contributed by atoms with van der Waals surface area (Å²) in [5.41, 5.74) is 0.342. The molecule has 0 bridgehead atoms. The molecule has 2 atom stereocenters. The zero-order chi connectivity index (χ0) is 12.7. The highest BCUT2D eigenvalue weighted by molar-refractivity contribution is 4.78. The van der Waals surface area contributed by atoms with Gasteiger partial charge in [-0.2, -0.15) is 0 Å². The van der Waals surface area contributed by atoms with Crippen LogP contribution in [0.25, 0.3) is 0 Å². The van der Waals surface area contributed by atoms with E-state index in [1.54, 1.807) is 7.11 Å². The van der Waals surface area contributed by atoms with Gasteiger partial charge in [0.05, 0.1) is 0 Å². The Morgan fingerprint density at radius 3 is 2.82 bits per heavy atom. The van der Waals surface area contributed by atoms with Gasteiger partial charge in [0.1, 0.15) is 0 Å². The third-order valence-electron chi connectivity index (χ3n) is 3.75. The third kappa shape index (κ3) is 6.39. The van der Waals surface area contributed by atoms with Gasteiger partial charge in [-0.25, -0.2) is 0 Å². The van der Waals surface area contributed by atoms with E-state index in [1.165, 1.54) is 25.9 Å². The summed E-state index contributed by atoms with van der Waals surface area (Å²) < 4.78 is 5.15. The molecule has 0 amide bonds. The van der Waals surface area contributed by atoms with Gasteiger partial charge in [0.25, 0.3) is 0 Å². The van der Waals surface area contributed by atoms with E-state index >= 15 is 0 Å². The molecule has 0 aromatic carbocycles. The number of rotatable bonds is 7. The maximum Gasteiger partial charge on any atom is 0.0467 e. The lowest BCUT2D eigenvalue weighted by Crippen LogP contribution is -2.41. The summed E-state index contributed by atoms with van der Waals surface area (Å²) in [4.78, 5) is 0. The van der Waals surface area contributed by atoms with E-state index in [0.29, 0.717) is 11.5 Å². The standard InChI is InChI=1S/C14H30N2O/c1-12-9-13(5-7-16-12)10-15-11-14(2,3)6-8-17-4/h12-13,15-16H,5-11H2,1-4H3. The lowest BCUT2D eigenvalue weighted by Gasteiger charge is -2.30. The first kappa shape index (κ1) is 14.9. The normalized spacial score (nSPS) is 26.1. The second-order valence-electron chi connectivity index (χ2n) is 6.28. The van der Waals surface area contributed by atoms with Crippen LogP contribution < -0.4 is 10.6 Å². The Morgan fingerprint density at radius 1 is 1.41 bits per heavy atom. The van der Waals surface area contributed by atoms with Crippen LogP contribution in [-0.2, 0) is 4.74 Å². The zero-order valence-electron chi connectivity index (χ0n) is 12.0. The lowest BCUT2D eigenvalue weighted by atomic mass is 9.88. The molecule has 0 aliphatic carbocycles. The highest BCUT2D eigenvalue weighted by Gasteiger charge is 2.20. The minimum atomic E-state index is 0.342. The maximum atomic E-state index is 5.15. The Bertz CT molecular complexity index is 206. The molecule has 1 heterocycles. The first-order valence-electron chi connectivity index (χ1n) is 6.96. The van der Waals surface area contributed by atoms with Gasteiger partial charge in [-0.3, -0.25) is 0 Å². The molecule has 1 fully saturated rings. The molecule has 1 saturated heterocycles. The van der Waals surface area contributed by atoms with Gasteiger partial charge in [0.2, 0.25) is 0 Å². The summed E-state index contributed by atoms with van der Waals surface area (Å²) in [7, 11) is 1.78. The van der Waals surface area contributed by atoms with E-state index in [1.807, 2.05) is 0 Å². The average molecular weight is 242 g/mol. The first-order valence-corrected chi connectivity index (χ1v) is 6.96. The Morgan fingerprint density at radius 2 is 2.18 bits per heavy atom. The third-order valence-corrected chi connectivity index (χ3v) is 3.75. The van der Waals surface area contributed by atoms with Crippen LogP contribution in [0.4, 0.5) is 0 Å². The van der Waals surface area contributed by atoms with E-state index in [-0.39, 0.29) is 0 Å². The van der Waals surface area contributed by atoms with Crippen molar-refractivity contribution in [1.82, 2.24) is 10.6 Å². The number of methoxy groups -OCH3 is 1. The lowest BCUT2D eigenvalue weighted by molar-refractivity contribution is 0.149. The van der Waals surface area contributed by atoms with Crippen molar-refractivity contribution < 1.29 is 4.74 Å². The molecular formula is C14H30N2O. The van der Waals surface area contributed by atoms with E-state index in [2.05, 4.69) is 31.4 Å². The van der Waals surface area contributed by atoms with E-state index < -0.39 is 0 Å². The second kappa shape index (κ2) is 7.34. The first-order chi connectivity index (χ1) is 8.03. The van der Waals surface area contributed by atoms with Crippen LogP contribution in [0.1, 0.15) is 40.0 Å². The highest BCUT2D eigenvalue weighted by Crippen LogP contribution is 2.20. The van der Waals surface area contributed by atoms with Gasteiger partial charge in [0.15, 0.2) is 0 Å². The summed E-state index contributed by atoms with van der Waals surface area (Å²) in [6, 6.07) is 0.692. The fourth-order valence-electron chi connectivity index (χ4n) is 2.50. The van der Waals surface area contributed by atoms with Crippen molar-refractivity contribution in [3.8, 4) is 0 Å². The van der Waals surface area contributed by atoms with Crippen molar-refractivity contribution in [2.24, 2.45) is 11.3 Å². The molecule has 0 radical (unpaired) electrons. The number of hydrogen-bond acceptors (Lipinski definition) is 3. The average Bonchev–Trinajstić information content (AvgIpc) is 2.26. The predicted molar refractivity (Wildman–Crippen MR) is 73.3 cm³/mol. The van der Waals surface area contributed by atoms with Gasteiger partial charge in [-0.15, -0.1) is 0 Å². The van der Waals surface area contributed by atoms with Gasteiger partial charge in [-0.05, 0) is 50.6 Å². The molecule has 17 heavy (non-hydrogen) atoms. The minimum absolute atomic E-state index is 0.342. The van der Waals surface area contributed by atoms with Crippen LogP contribution in [0.2, 0.25) is 0 Å². The molecule has 3 heteroatoms. The zero-order valence-corrected chi connectivity index (χ0v) is 12.0. The number of piperidine rings is 1. The SMILES string of the molecule is COCCC(C)(C)CNCC1CCNC(C)C1. The van der Waals surface area contributed by atoms with E-state index in [0.717, 1.165) is 25.5 Å². The summed E-state index contributed by atoms with van der Waals surface area (Å²) in [5.74, 6) is 0.851. The largest absolute Gasteiger partial charge is 0.385 e. The van der Waals surface area contributed by atoms with Crippen LogP contribution >= 0.6 is 0 Å². The van der Waals surface area contributed by atoms with Crippen LogP contribution in [0.15, 0.2) is 0 Å². The molecule has 0 aromatic heterocycles. The van der Waals surface area contributed by atoms with Crippen molar-refractivity contribution in [2.75, 3.05) is 33.4 Å². The molecule has 0 saturated carbocycles. The van der Waals surface area contributed by atoms with Crippen LogP contribution in [0, 0.1) is 11.3 Å². The molecule has 2 N–H and O–H groups in total. The quantitative estimate of drug-likeness (QED) is 0.716.